The average Bonchev–Trinajstić information content (AvgIpc) is 2.53. The van der Waals surface area contributed by atoms with Crippen LogP contribution in [0.5, 0.6) is 0 Å². The first-order valence-corrected chi connectivity index (χ1v) is 7.89. The molecule has 0 amide bonds. The van der Waals surface area contributed by atoms with Crippen LogP contribution in [-0.2, 0) is 0 Å². The summed E-state index contributed by atoms with van der Waals surface area (Å²) < 4.78 is 0. The molecule has 0 fully saturated rings. The highest BCUT2D eigenvalue weighted by Gasteiger charge is 2.08. The van der Waals surface area contributed by atoms with E-state index in [1.165, 1.54) is 28.7 Å². The van der Waals surface area contributed by atoms with Crippen molar-refractivity contribution in [2.75, 3.05) is 0 Å². The minimum absolute atomic E-state index is 1.16. The maximum atomic E-state index is 2.34. The molecule has 1 aliphatic rings. The Bertz CT molecular complexity index is 440. The Kier molecular flexibility index (Phi) is 10.4. The molecule has 0 aromatic heterocycles. The van der Waals surface area contributed by atoms with Gasteiger partial charge in [-0.05, 0) is 43.4 Å². The van der Waals surface area contributed by atoms with Gasteiger partial charge in [0.15, 0.2) is 0 Å². The molecule has 1 aromatic rings. The molecule has 0 heteroatoms. The summed E-state index contributed by atoms with van der Waals surface area (Å²) in [5.74, 6) is 0. The van der Waals surface area contributed by atoms with E-state index in [1.807, 2.05) is 27.7 Å². The molecule has 1 aliphatic carbocycles. The molecule has 0 nitrogen and oxygen atoms in total. The molecule has 0 bridgehead atoms. The summed E-state index contributed by atoms with van der Waals surface area (Å²) in [6, 6.07) is 10.6. The van der Waals surface area contributed by atoms with E-state index in [-0.39, 0.29) is 0 Å². The third-order valence-electron chi connectivity index (χ3n) is 2.85. The quantitative estimate of drug-likeness (QED) is 0.553. The molecule has 0 unspecified atom stereocenters. The van der Waals surface area contributed by atoms with Gasteiger partial charge in [0, 0.05) is 0 Å². The summed E-state index contributed by atoms with van der Waals surface area (Å²) in [5.41, 5.74) is 5.46. The first-order valence-electron chi connectivity index (χ1n) is 7.89. The molecule has 0 spiro atoms. The monoisotopic (exact) mass is 270 g/mol. The summed E-state index contributed by atoms with van der Waals surface area (Å²) >= 11 is 0. The number of allylic oxidation sites excluding steroid dienone is 6. The van der Waals surface area contributed by atoms with Crippen molar-refractivity contribution < 1.29 is 0 Å². The number of rotatable bonds is 2. The predicted octanol–water partition coefficient (Wildman–Crippen LogP) is 6.81. The number of hydrogen-bond acceptors (Lipinski definition) is 0. The summed E-state index contributed by atoms with van der Waals surface area (Å²) in [4.78, 5) is 0. The molecule has 0 N–H and O–H groups in total. The number of benzene rings is 1. The minimum atomic E-state index is 1.16. The van der Waals surface area contributed by atoms with Crippen molar-refractivity contribution in [3.8, 4) is 0 Å². The second-order valence-corrected chi connectivity index (χ2v) is 4.38. The van der Waals surface area contributed by atoms with Gasteiger partial charge in [-0.25, -0.2) is 0 Å². The second-order valence-electron chi connectivity index (χ2n) is 4.38. The van der Waals surface area contributed by atoms with Crippen LogP contribution >= 0.6 is 0 Å². The molecule has 110 valence electrons. The van der Waals surface area contributed by atoms with Gasteiger partial charge in [0.05, 0.1) is 0 Å². The van der Waals surface area contributed by atoms with Crippen LogP contribution in [0.25, 0.3) is 5.57 Å². The van der Waals surface area contributed by atoms with E-state index in [2.05, 4.69) is 62.4 Å². The summed E-state index contributed by atoms with van der Waals surface area (Å²) in [7, 11) is 0. The maximum absolute atomic E-state index is 2.34. The van der Waals surface area contributed by atoms with Gasteiger partial charge in [-0.15, -0.1) is 0 Å². The van der Waals surface area contributed by atoms with Crippen molar-refractivity contribution in [3.05, 3.63) is 65.3 Å². The van der Waals surface area contributed by atoms with E-state index in [0.717, 1.165) is 6.42 Å². The molecule has 0 saturated carbocycles. The molecular formula is C20H30. The fourth-order valence-electron chi connectivity index (χ4n) is 2.15. The first kappa shape index (κ1) is 18.4. The van der Waals surface area contributed by atoms with Gasteiger partial charge in [0.1, 0.15) is 0 Å². The molecular weight excluding hydrogens is 240 g/mol. The van der Waals surface area contributed by atoms with Gasteiger partial charge < -0.3 is 0 Å². The summed E-state index contributed by atoms with van der Waals surface area (Å²) in [6.07, 6.45) is 9.19. The molecule has 0 saturated heterocycles. The first-order chi connectivity index (χ1) is 9.79. The second kappa shape index (κ2) is 11.3. The standard InChI is InChI=1S/C16H18.2C2H6/c1-13(2)16(14-9-5-3-6-10-14)15-11-7-4-8-12-15;2*1-2/h3,5-7,9-12H,4,8H2,1-2H3;2*1-2H3. The van der Waals surface area contributed by atoms with Crippen LogP contribution in [0.1, 0.15) is 59.9 Å². The van der Waals surface area contributed by atoms with E-state index in [0.29, 0.717) is 0 Å². The molecule has 0 radical (unpaired) electrons. The van der Waals surface area contributed by atoms with E-state index in [1.54, 1.807) is 0 Å². The van der Waals surface area contributed by atoms with E-state index >= 15 is 0 Å². The molecule has 1 aromatic carbocycles. The van der Waals surface area contributed by atoms with Gasteiger partial charge in [0.25, 0.3) is 0 Å². The van der Waals surface area contributed by atoms with Crippen molar-refractivity contribution in [1.29, 1.82) is 0 Å². The highest BCUT2D eigenvalue weighted by Crippen LogP contribution is 2.29. The lowest BCUT2D eigenvalue weighted by Crippen LogP contribution is -1.93. The predicted molar refractivity (Wildman–Crippen MR) is 93.9 cm³/mol. The van der Waals surface area contributed by atoms with E-state index in [9.17, 15) is 0 Å². The summed E-state index contributed by atoms with van der Waals surface area (Å²) in [6.45, 7) is 12.4. The fourth-order valence-corrected chi connectivity index (χ4v) is 2.15. The van der Waals surface area contributed by atoms with Crippen LogP contribution in [0.2, 0.25) is 0 Å². The minimum Gasteiger partial charge on any atom is -0.0836 e. The largest absolute Gasteiger partial charge is 0.0836 e. The zero-order valence-electron chi connectivity index (χ0n) is 14.0. The average molecular weight is 270 g/mol. The molecule has 0 aliphatic heterocycles. The van der Waals surface area contributed by atoms with Crippen LogP contribution in [-0.4, -0.2) is 0 Å². The summed E-state index contributed by atoms with van der Waals surface area (Å²) in [5, 5.41) is 0. The van der Waals surface area contributed by atoms with Crippen molar-refractivity contribution in [3.63, 3.8) is 0 Å². The zero-order chi connectivity index (χ0) is 15.4. The van der Waals surface area contributed by atoms with Crippen LogP contribution in [0.3, 0.4) is 0 Å². The van der Waals surface area contributed by atoms with Crippen molar-refractivity contribution in [1.82, 2.24) is 0 Å². The Balaban J connectivity index is 0.000000829. The van der Waals surface area contributed by atoms with Crippen molar-refractivity contribution >= 4 is 5.57 Å². The van der Waals surface area contributed by atoms with Crippen molar-refractivity contribution in [2.45, 2.75) is 54.4 Å². The SMILES string of the molecule is CC.CC.CC(C)=C(C1=CCCC=C1)c1ccccc1. The Hall–Kier alpha value is -1.56. The van der Waals surface area contributed by atoms with Gasteiger partial charge in [-0.2, -0.15) is 0 Å². The Labute approximate surface area is 125 Å². The van der Waals surface area contributed by atoms with E-state index < -0.39 is 0 Å². The van der Waals surface area contributed by atoms with Gasteiger partial charge in [-0.3, -0.25) is 0 Å². The van der Waals surface area contributed by atoms with Crippen LogP contribution in [0.4, 0.5) is 0 Å². The van der Waals surface area contributed by atoms with Gasteiger partial charge >= 0.3 is 0 Å². The molecule has 2 rings (SSSR count). The highest BCUT2D eigenvalue weighted by molar-refractivity contribution is 5.83. The smallest absolute Gasteiger partial charge is 0.0128 e. The maximum Gasteiger partial charge on any atom is -0.0128 e. The topological polar surface area (TPSA) is 0 Å². The normalized spacial score (nSPS) is 12.2. The number of hydrogen-bond donors (Lipinski definition) is 0. The highest BCUT2D eigenvalue weighted by atomic mass is 14.1. The lowest BCUT2D eigenvalue weighted by molar-refractivity contribution is 1.03. The third-order valence-corrected chi connectivity index (χ3v) is 2.85. The van der Waals surface area contributed by atoms with E-state index in [4.69, 9.17) is 0 Å². The Morgan fingerprint density at radius 3 is 1.90 bits per heavy atom. The van der Waals surface area contributed by atoms with Gasteiger partial charge in [-0.1, -0.05) is 81.8 Å². The zero-order valence-corrected chi connectivity index (χ0v) is 14.0. The Morgan fingerprint density at radius 2 is 1.45 bits per heavy atom. The van der Waals surface area contributed by atoms with Crippen LogP contribution in [0.15, 0.2) is 59.7 Å². The lowest BCUT2D eigenvalue weighted by Gasteiger charge is -2.14. The molecule has 0 atom stereocenters. The molecule has 20 heavy (non-hydrogen) atoms. The van der Waals surface area contributed by atoms with Crippen molar-refractivity contribution in [2.24, 2.45) is 0 Å². The Morgan fingerprint density at radius 1 is 0.850 bits per heavy atom. The van der Waals surface area contributed by atoms with Crippen LogP contribution in [0, 0.1) is 0 Å². The lowest BCUT2D eigenvalue weighted by atomic mass is 9.91. The third kappa shape index (κ3) is 5.61. The van der Waals surface area contributed by atoms with Crippen LogP contribution < -0.4 is 0 Å². The van der Waals surface area contributed by atoms with Gasteiger partial charge in [0.2, 0.25) is 0 Å². The fraction of sp³-hybridized carbons (Fsp3) is 0.400. The molecule has 0 heterocycles.